The van der Waals surface area contributed by atoms with E-state index in [1.165, 1.54) is 12.8 Å². The van der Waals surface area contributed by atoms with Crippen LogP contribution in [0.1, 0.15) is 52.9 Å². The fourth-order valence-electron chi connectivity index (χ4n) is 2.91. The third-order valence-electron chi connectivity index (χ3n) is 4.34. The maximum atomic E-state index is 11.6. The summed E-state index contributed by atoms with van der Waals surface area (Å²) in [7, 11) is 0. The summed E-state index contributed by atoms with van der Waals surface area (Å²) < 4.78 is 0. The van der Waals surface area contributed by atoms with Gasteiger partial charge in [-0.1, -0.05) is 40.0 Å². The highest BCUT2D eigenvalue weighted by Gasteiger charge is 2.29. The molecule has 1 rings (SSSR count). The second-order valence-corrected chi connectivity index (χ2v) is 5.65. The highest BCUT2D eigenvalue weighted by atomic mass is 16.3. The van der Waals surface area contributed by atoms with Crippen LogP contribution in [0.5, 0.6) is 0 Å². The van der Waals surface area contributed by atoms with Gasteiger partial charge < -0.3 is 15.3 Å². The molecule has 1 saturated heterocycles. The number of amides is 2. The van der Waals surface area contributed by atoms with E-state index in [9.17, 15) is 9.90 Å². The fraction of sp³-hybridized carbons (Fsp3) is 0.933. The topological polar surface area (TPSA) is 52.6 Å². The van der Waals surface area contributed by atoms with Gasteiger partial charge in [0.15, 0.2) is 0 Å². The molecule has 0 spiro atoms. The quantitative estimate of drug-likeness (QED) is 0.676. The van der Waals surface area contributed by atoms with Crippen molar-refractivity contribution in [3.05, 3.63) is 0 Å². The molecule has 1 aliphatic heterocycles. The minimum Gasteiger partial charge on any atom is -0.392 e. The number of unbranched alkanes of at least 4 members (excludes halogenated alkanes) is 1. The summed E-state index contributed by atoms with van der Waals surface area (Å²) in [5, 5.41) is 13.4. The first-order valence-corrected chi connectivity index (χ1v) is 7.84. The Hall–Kier alpha value is -0.770. The van der Waals surface area contributed by atoms with Gasteiger partial charge >= 0.3 is 6.03 Å². The molecule has 3 unspecified atom stereocenters. The lowest BCUT2D eigenvalue weighted by Crippen LogP contribution is -2.39. The van der Waals surface area contributed by atoms with Crippen LogP contribution in [0.3, 0.4) is 0 Å². The second kappa shape index (κ2) is 8.41. The van der Waals surface area contributed by atoms with Gasteiger partial charge in [0.25, 0.3) is 0 Å². The third-order valence-corrected chi connectivity index (χ3v) is 4.34. The maximum absolute atomic E-state index is 11.6. The molecule has 112 valence electrons. The predicted octanol–water partition coefficient (Wildman–Crippen LogP) is 2.62. The van der Waals surface area contributed by atoms with Crippen LogP contribution in [-0.4, -0.2) is 41.8 Å². The van der Waals surface area contributed by atoms with Gasteiger partial charge in [-0.25, -0.2) is 4.79 Å². The van der Waals surface area contributed by atoms with Crippen LogP contribution >= 0.6 is 0 Å². The van der Waals surface area contributed by atoms with Gasteiger partial charge in [0.2, 0.25) is 0 Å². The smallest absolute Gasteiger partial charge is 0.317 e. The molecule has 0 aliphatic carbocycles. The molecule has 1 aliphatic rings. The van der Waals surface area contributed by atoms with E-state index in [-0.39, 0.29) is 18.1 Å². The van der Waals surface area contributed by atoms with E-state index in [1.54, 1.807) is 0 Å². The van der Waals surface area contributed by atoms with Crippen LogP contribution in [0.2, 0.25) is 0 Å². The molecule has 0 aromatic heterocycles. The Morgan fingerprint density at radius 1 is 1.26 bits per heavy atom. The lowest BCUT2D eigenvalue weighted by atomic mass is 9.84. The summed E-state index contributed by atoms with van der Waals surface area (Å²) in [5.74, 6) is 0.571. The van der Waals surface area contributed by atoms with Gasteiger partial charge in [0.1, 0.15) is 0 Å². The van der Waals surface area contributed by atoms with Crippen molar-refractivity contribution in [3.63, 3.8) is 0 Å². The average Bonchev–Trinajstić information content (AvgIpc) is 2.82. The number of nitrogens with one attached hydrogen (secondary N) is 1. The largest absolute Gasteiger partial charge is 0.392 e. The standard InChI is InChI=1S/C15H30N2O2/c1-4-7-8-12(5-2)14(18)13(6-3)11-17-10-9-16-15(17)19/h12-14,18H,4-11H2,1-3H3,(H,16,19). The Morgan fingerprint density at radius 3 is 2.42 bits per heavy atom. The monoisotopic (exact) mass is 270 g/mol. The van der Waals surface area contributed by atoms with E-state index < -0.39 is 0 Å². The van der Waals surface area contributed by atoms with Crippen molar-refractivity contribution in [2.24, 2.45) is 11.8 Å². The Labute approximate surface area is 117 Å². The van der Waals surface area contributed by atoms with Crippen molar-refractivity contribution < 1.29 is 9.90 Å². The Balaban J connectivity index is 2.53. The van der Waals surface area contributed by atoms with Crippen LogP contribution in [0.15, 0.2) is 0 Å². The highest BCUT2D eigenvalue weighted by molar-refractivity contribution is 5.76. The SMILES string of the molecule is CCCCC(CC)C(O)C(CC)CN1CCNC1=O. The van der Waals surface area contributed by atoms with Gasteiger partial charge in [0.05, 0.1) is 6.10 Å². The molecule has 0 saturated carbocycles. The molecule has 4 heteroatoms. The molecule has 2 N–H and O–H groups in total. The number of hydrogen-bond acceptors (Lipinski definition) is 2. The number of aliphatic hydroxyl groups excluding tert-OH is 1. The molecule has 19 heavy (non-hydrogen) atoms. The molecule has 1 fully saturated rings. The highest BCUT2D eigenvalue weighted by Crippen LogP contribution is 2.25. The second-order valence-electron chi connectivity index (χ2n) is 5.65. The van der Waals surface area contributed by atoms with Crippen LogP contribution in [0, 0.1) is 11.8 Å². The van der Waals surface area contributed by atoms with Crippen LogP contribution in [-0.2, 0) is 0 Å². The van der Waals surface area contributed by atoms with Crippen LogP contribution in [0.4, 0.5) is 4.79 Å². The molecule has 0 aromatic rings. The first-order valence-electron chi connectivity index (χ1n) is 7.84. The van der Waals surface area contributed by atoms with Gasteiger partial charge in [-0.3, -0.25) is 0 Å². The minimum absolute atomic E-state index is 0.0206. The van der Waals surface area contributed by atoms with Crippen molar-refractivity contribution in [2.45, 2.75) is 59.0 Å². The van der Waals surface area contributed by atoms with E-state index >= 15 is 0 Å². The number of nitrogens with zero attached hydrogens (tertiary/aromatic N) is 1. The van der Waals surface area contributed by atoms with E-state index in [4.69, 9.17) is 0 Å². The van der Waals surface area contributed by atoms with E-state index in [1.807, 2.05) is 4.90 Å². The lowest BCUT2D eigenvalue weighted by molar-refractivity contribution is 0.0315. The minimum atomic E-state index is -0.282. The zero-order chi connectivity index (χ0) is 14.3. The van der Waals surface area contributed by atoms with E-state index in [2.05, 4.69) is 26.1 Å². The summed E-state index contributed by atoms with van der Waals surface area (Å²) in [5.41, 5.74) is 0. The molecule has 2 amide bonds. The number of urea groups is 1. The average molecular weight is 270 g/mol. The Kier molecular flexibility index (Phi) is 7.21. The molecule has 3 atom stereocenters. The predicted molar refractivity (Wildman–Crippen MR) is 78.1 cm³/mol. The fourth-order valence-corrected chi connectivity index (χ4v) is 2.91. The number of rotatable bonds is 9. The summed E-state index contributed by atoms with van der Waals surface area (Å²) in [4.78, 5) is 13.4. The van der Waals surface area contributed by atoms with Gasteiger partial charge in [0, 0.05) is 25.6 Å². The van der Waals surface area contributed by atoms with Crippen molar-refractivity contribution >= 4 is 6.03 Å². The summed E-state index contributed by atoms with van der Waals surface area (Å²) in [6.07, 6.45) is 5.11. The first kappa shape index (κ1) is 16.3. The summed E-state index contributed by atoms with van der Waals surface area (Å²) in [6, 6.07) is 0.0206. The number of carbonyl (C=O) groups excluding carboxylic acids is 1. The van der Waals surface area contributed by atoms with E-state index in [0.29, 0.717) is 12.5 Å². The van der Waals surface area contributed by atoms with Crippen molar-refractivity contribution in [1.82, 2.24) is 10.2 Å². The van der Waals surface area contributed by atoms with Crippen LogP contribution < -0.4 is 5.32 Å². The number of hydrogen-bond donors (Lipinski definition) is 2. The maximum Gasteiger partial charge on any atom is 0.317 e. The number of aliphatic hydroxyl groups is 1. The Bertz CT molecular complexity index is 271. The third kappa shape index (κ3) is 4.68. The van der Waals surface area contributed by atoms with Crippen molar-refractivity contribution in [2.75, 3.05) is 19.6 Å². The first-order chi connectivity index (χ1) is 9.13. The normalized spacial score (nSPS) is 20.2. The van der Waals surface area contributed by atoms with Gasteiger partial charge in [-0.2, -0.15) is 0 Å². The number of carbonyl (C=O) groups is 1. The zero-order valence-electron chi connectivity index (χ0n) is 12.7. The molecule has 0 bridgehead atoms. The Morgan fingerprint density at radius 2 is 1.95 bits per heavy atom. The summed E-state index contributed by atoms with van der Waals surface area (Å²) >= 11 is 0. The molecular weight excluding hydrogens is 240 g/mol. The van der Waals surface area contributed by atoms with Crippen molar-refractivity contribution in [1.29, 1.82) is 0 Å². The summed E-state index contributed by atoms with van der Waals surface area (Å²) in [6.45, 7) is 8.64. The van der Waals surface area contributed by atoms with Gasteiger partial charge in [-0.05, 0) is 18.8 Å². The zero-order valence-corrected chi connectivity index (χ0v) is 12.7. The molecule has 1 heterocycles. The van der Waals surface area contributed by atoms with Crippen molar-refractivity contribution in [3.8, 4) is 0 Å². The van der Waals surface area contributed by atoms with Gasteiger partial charge in [-0.15, -0.1) is 0 Å². The van der Waals surface area contributed by atoms with Crippen LogP contribution in [0.25, 0.3) is 0 Å². The van der Waals surface area contributed by atoms with E-state index in [0.717, 1.165) is 32.4 Å². The molecule has 0 radical (unpaired) electrons. The molecular formula is C15H30N2O2. The molecule has 4 nitrogen and oxygen atoms in total. The molecule has 0 aromatic carbocycles. The lowest BCUT2D eigenvalue weighted by Gasteiger charge is -2.31.